The van der Waals surface area contributed by atoms with Crippen molar-refractivity contribution in [3.8, 4) is 11.1 Å². The summed E-state index contributed by atoms with van der Waals surface area (Å²) in [4.78, 5) is 11.3. The molecular formula is C15H14FNO. The molecule has 2 aromatic rings. The lowest BCUT2D eigenvalue weighted by Crippen LogP contribution is -2.19. The van der Waals surface area contributed by atoms with Crippen LogP contribution in [0.5, 0.6) is 0 Å². The molecule has 0 saturated carbocycles. The second-order valence-corrected chi connectivity index (χ2v) is 4.19. The molecule has 1 atom stereocenters. The van der Waals surface area contributed by atoms with Crippen molar-refractivity contribution < 1.29 is 9.18 Å². The molecule has 0 aromatic heterocycles. The zero-order valence-corrected chi connectivity index (χ0v) is 10.1. The number of carbonyl (C=O) groups excluding carboxylic acids is 1. The maximum Gasteiger partial charge on any atom is 0.224 e. The van der Waals surface area contributed by atoms with E-state index in [2.05, 4.69) is 0 Å². The monoisotopic (exact) mass is 243 g/mol. The molecular weight excluding hydrogens is 229 g/mol. The van der Waals surface area contributed by atoms with Gasteiger partial charge in [0.15, 0.2) is 0 Å². The molecule has 1 unspecified atom stereocenters. The summed E-state index contributed by atoms with van der Waals surface area (Å²) in [6, 6.07) is 13.7. The normalized spacial score (nSPS) is 12.1. The zero-order valence-electron chi connectivity index (χ0n) is 10.1. The molecule has 2 N–H and O–H groups in total. The van der Waals surface area contributed by atoms with Gasteiger partial charge in [-0.15, -0.1) is 0 Å². The van der Waals surface area contributed by atoms with Gasteiger partial charge in [-0.05, 0) is 24.1 Å². The average Bonchev–Trinajstić information content (AvgIpc) is 2.38. The topological polar surface area (TPSA) is 43.1 Å². The first-order chi connectivity index (χ1) is 8.61. The Morgan fingerprint density at radius 3 is 2.22 bits per heavy atom. The van der Waals surface area contributed by atoms with Crippen LogP contribution in [-0.4, -0.2) is 5.91 Å². The van der Waals surface area contributed by atoms with Crippen LogP contribution in [0.3, 0.4) is 0 Å². The fourth-order valence-corrected chi connectivity index (χ4v) is 1.95. The molecule has 0 aliphatic rings. The molecule has 0 saturated heterocycles. The van der Waals surface area contributed by atoms with Gasteiger partial charge in [-0.3, -0.25) is 4.79 Å². The third-order valence-electron chi connectivity index (χ3n) is 3.02. The molecule has 3 heteroatoms. The number of benzene rings is 2. The molecule has 0 fully saturated rings. The molecule has 0 bridgehead atoms. The van der Waals surface area contributed by atoms with E-state index in [0.29, 0.717) is 11.1 Å². The number of halogens is 1. The van der Waals surface area contributed by atoms with E-state index in [1.165, 1.54) is 6.07 Å². The second-order valence-electron chi connectivity index (χ2n) is 4.19. The van der Waals surface area contributed by atoms with Crippen molar-refractivity contribution >= 4 is 5.91 Å². The second kappa shape index (κ2) is 5.00. The lowest BCUT2D eigenvalue weighted by atomic mass is 9.91. The van der Waals surface area contributed by atoms with E-state index in [0.717, 1.165) is 5.56 Å². The fourth-order valence-electron chi connectivity index (χ4n) is 1.95. The highest BCUT2D eigenvalue weighted by Crippen LogP contribution is 2.30. The molecule has 0 radical (unpaired) electrons. The molecule has 92 valence electrons. The smallest absolute Gasteiger partial charge is 0.224 e. The van der Waals surface area contributed by atoms with Gasteiger partial charge in [-0.25, -0.2) is 4.39 Å². The molecule has 2 nitrogen and oxygen atoms in total. The van der Waals surface area contributed by atoms with E-state index >= 15 is 0 Å². The van der Waals surface area contributed by atoms with Crippen LogP contribution in [0.25, 0.3) is 11.1 Å². The van der Waals surface area contributed by atoms with E-state index in [1.807, 2.05) is 12.1 Å². The largest absolute Gasteiger partial charge is 0.369 e. The molecule has 0 heterocycles. The minimum Gasteiger partial charge on any atom is -0.369 e. The summed E-state index contributed by atoms with van der Waals surface area (Å²) in [6.07, 6.45) is 0. The molecule has 0 aliphatic heterocycles. The lowest BCUT2D eigenvalue weighted by molar-refractivity contribution is -0.119. The number of amides is 1. The van der Waals surface area contributed by atoms with Crippen molar-refractivity contribution in [2.24, 2.45) is 5.73 Å². The number of hydrogen-bond acceptors (Lipinski definition) is 1. The van der Waals surface area contributed by atoms with Gasteiger partial charge in [0, 0.05) is 5.56 Å². The Hall–Kier alpha value is -2.16. The van der Waals surface area contributed by atoms with Crippen LogP contribution in [0.15, 0.2) is 48.5 Å². The van der Waals surface area contributed by atoms with Crippen LogP contribution in [0.4, 0.5) is 4.39 Å². The summed E-state index contributed by atoms with van der Waals surface area (Å²) in [7, 11) is 0. The molecule has 0 spiro atoms. The Morgan fingerprint density at radius 2 is 1.61 bits per heavy atom. The third kappa shape index (κ3) is 2.25. The van der Waals surface area contributed by atoms with Gasteiger partial charge < -0.3 is 5.73 Å². The number of hydrogen-bond donors (Lipinski definition) is 1. The first-order valence-corrected chi connectivity index (χ1v) is 5.74. The van der Waals surface area contributed by atoms with Crippen LogP contribution < -0.4 is 5.73 Å². The SMILES string of the molecule is CC(C(N)=O)c1ccccc1-c1ccccc1F. The molecule has 18 heavy (non-hydrogen) atoms. The molecule has 2 aromatic carbocycles. The van der Waals surface area contributed by atoms with E-state index in [9.17, 15) is 9.18 Å². The van der Waals surface area contributed by atoms with Crippen molar-refractivity contribution in [2.75, 3.05) is 0 Å². The minimum absolute atomic E-state index is 0.304. The maximum atomic E-state index is 13.8. The maximum absolute atomic E-state index is 13.8. The Balaban J connectivity index is 2.59. The van der Waals surface area contributed by atoms with Crippen molar-refractivity contribution in [3.63, 3.8) is 0 Å². The minimum atomic E-state index is -0.444. The number of primary amides is 1. The Morgan fingerprint density at radius 1 is 1.06 bits per heavy atom. The molecule has 0 aliphatic carbocycles. The Labute approximate surface area is 105 Å². The first-order valence-electron chi connectivity index (χ1n) is 5.74. The fraction of sp³-hybridized carbons (Fsp3) is 0.133. The van der Waals surface area contributed by atoms with Crippen LogP contribution in [0.2, 0.25) is 0 Å². The van der Waals surface area contributed by atoms with Gasteiger partial charge in [0.2, 0.25) is 5.91 Å². The third-order valence-corrected chi connectivity index (χ3v) is 3.02. The molecule has 2 rings (SSSR count). The van der Waals surface area contributed by atoms with E-state index in [4.69, 9.17) is 5.73 Å². The highest BCUT2D eigenvalue weighted by atomic mass is 19.1. The zero-order chi connectivity index (χ0) is 13.1. The van der Waals surface area contributed by atoms with Gasteiger partial charge in [0.05, 0.1) is 5.92 Å². The van der Waals surface area contributed by atoms with Crippen molar-refractivity contribution in [2.45, 2.75) is 12.8 Å². The number of carbonyl (C=O) groups is 1. The summed E-state index contributed by atoms with van der Waals surface area (Å²) >= 11 is 0. The Bertz CT molecular complexity index is 580. The van der Waals surface area contributed by atoms with Crippen LogP contribution in [0, 0.1) is 5.82 Å². The van der Waals surface area contributed by atoms with E-state index < -0.39 is 11.8 Å². The summed E-state index contributed by atoms with van der Waals surface area (Å²) in [5, 5.41) is 0. The van der Waals surface area contributed by atoms with E-state index in [1.54, 1.807) is 37.3 Å². The van der Waals surface area contributed by atoms with Crippen LogP contribution in [0.1, 0.15) is 18.4 Å². The quantitative estimate of drug-likeness (QED) is 0.884. The summed E-state index contributed by atoms with van der Waals surface area (Å²) in [6.45, 7) is 1.72. The highest BCUT2D eigenvalue weighted by molar-refractivity contribution is 5.85. The van der Waals surface area contributed by atoms with Crippen molar-refractivity contribution in [1.82, 2.24) is 0 Å². The standard InChI is InChI=1S/C15H14FNO/c1-10(15(17)18)11-6-2-3-7-12(11)13-8-4-5-9-14(13)16/h2-10H,1H3,(H2,17,18). The van der Waals surface area contributed by atoms with Crippen LogP contribution in [-0.2, 0) is 4.79 Å². The van der Waals surface area contributed by atoms with Gasteiger partial charge >= 0.3 is 0 Å². The lowest BCUT2D eigenvalue weighted by Gasteiger charge is -2.14. The predicted molar refractivity (Wildman–Crippen MR) is 69.4 cm³/mol. The van der Waals surface area contributed by atoms with Crippen LogP contribution >= 0.6 is 0 Å². The summed E-state index contributed by atoms with van der Waals surface area (Å²) in [5.74, 6) is -1.17. The first kappa shape index (κ1) is 12.3. The molecule has 1 amide bonds. The van der Waals surface area contributed by atoms with Gasteiger partial charge in [0.25, 0.3) is 0 Å². The van der Waals surface area contributed by atoms with Crippen molar-refractivity contribution in [1.29, 1.82) is 0 Å². The Kier molecular flexibility index (Phi) is 3.42. The highest BCUT2D eigenvalue weighted by Gasteiger charge is 2.17. The van der Waals surface area contributed by atoms with Gasteiger partial charge in [-0.2, -0.15) is 0 Å². The number of rotatable bonds is 3. The van der Waals surface area contributed by atoms with E-state index in [-0.39, 0.29) is 5.82 Å². The number of nitrogens with two attached hydrogens (primary N) is 1. The summed E-state index contributed by atoms with van der Waals surface area (Å²) < 4.78 is 13.8. The summed E-state index contributed by atoms with van der Waals surface area (Å²) in [5.41, 5.74) is 7.26. The van der Waals surface area contributed by atoms with Gasteiger partial charge in [-0.1, -0.05) is 42.5 Å². The predicted octanol–water partition coefficient (Wildman–Crippen LogP) is 3.08. The average molecular weight is 243 g/mol. The van der Waals surface area contributed by atoms with Crippen molar-refractivity contribution in [3.05, 3.63) is 59.9 Å². The van der Waals surface area contributed by atoms with Gasteiger partial charge in [0.1, 0.15) is 5.82 Å².